The molecule has 3 nitrogen and oxygen atoms in total. The van der Waals surface area contributed by atoms with Gasteiger partial charge >= 0.3 is 0 Å². The summed E-state index contributed by atoms with van der Waals surface area (Å²) in [7, 11) is 0. The van der Waals surface area contributed by atoms with Gasteiger partial charge in [0.05, 0.1) is 0 Å². The minimum atomic E-state index is 0.331. The van der Waals surface area contributed by atoms with E-state index in [0.717, 1.165) is 11.8 Å². The van der Waals surface area contributed by atoms with E-state index in [9.17, 15) is 0 Å². The van der Waals surface area contributed by atoms with Crippen LogP contribution in [0.2, 0.25) is 0 Å². The van der Waals surface area contributed by atoms with E-state index < -0.39 is 0 Å². The highest BCUT2D eigenvalue weighted by Crippen LogP contribution is 2.36. The zero-order chi connectivity index (χ0) is 9.14. The van der Waals surface area contributed by atoms with E-state index in [2.05, 4.69) is 31.2 Å². The molecule has 3 heteroatoms. The highest BCUT2D eigenvalue weighted by molar-refractivity contribution is 5.84. The number of hydrogen-bond donors (Lipinski definition) is 2. The molecule has 1 atom stereocenters. The van der Waals surface area contributed by atoms with E-state index >= 15 is 0 Å². The molecule has 1 fully saturated rings. The Bertz CT molecular complexity index is 171. The van der Waals surface area contributed by atoms with E-state index in [-0.39, 0.29) is 0 Å². The number of hydrogen-bond acceptors (Lipinski definition) is 2. The van der Waals surface area contributed by atoms with Gasteiger partial charge in [0.2, 0.25) is 0 Å². The highest BCUT2D eigenvalue weighted by atomic mass is 15.3. The van der Waals surface area contributed by atoms with Crippen molar-refractivity contribution in [1.82, 2.24) is 5.43 Å². The average Bonchev–Trinajstić information content (AvgIpc) is 2.80. The summed E-state index contributed by atoms with van der Waals surface area (Å²) in [4.78, 5) is 4.44. The van der Waals surface area contributed by atoms with Crippen LogP contribution in [-0.4, -0.2) is 11.9 Å². The van der Waals surface area contributed by atoms with Crippen LogP contribution in [0, 0.1) is 11.8 Å². The first-order chi connectivity index (χ1) is 5.65. The molecule has 0 aromatic heterocycles. The predicted molar refractivity (Wildman–Crippen MR) is 51.8 cm³/mol. The van der Waals surface area contributed by atoms with Gasteiger partial charge in [0.25, 0.3) is 0 Å². The largest absolute Gasteiger partial charge is 0.312 e. The molecule has 1 unspecified atom stereocenters. The molecule has 0 amide bonds. The summed E-state index contributed by atoms with van der Waals surface area (Å²) in [6, 6.07) is 0.331. The monoisotopic (exact) mass is 169 g/mol. The molecule has 0 heterocycles. The zero-order valence-corrected chi connectivity index (χ0v) is 8.17. The quantitative estimate of drug-likeness (QED) is 0.289. The van der Waals surface area contributed by atoms with E-state index in [1.54, 1.807) is 0 Å². The molecular formula is C9H19N3. The molecule has 1 saturated carbocycles. The van der Waals surface area contributed by atoms with Gasteiger partial charge in [-0.2, -0.15) is 0 Å². The van der Waals surface area contributed by atoms with Crippen LogP contribution in [0.25, 0.3) is 0 Å². The second-order valence-corrected chi connectivity index (χ2v) is 3.88. The molecule has 0 spiro atoms. The van der Waals surface area contributed by atoms with E-state index in [1.807, 2.05) is 0 Å². The van der Waals surface area contributed by atoms with Crippen LogP contribution in [0.5, 0.6) is 0 Å². The molecule has 0 aromatic rings. The summed E-state index contributed by atoms with van der Waals surface area (Å²) in [6.07, 6.45) is 2.67. The fourth-order valence-electron chi connectivity index (χ4n) is 1.38. The molecule has 1 aliphatic carbocycles. The van der Waals surface area contributed by atoms with Crippen LogP contribution >= 0.6 is 0 Å². The van der Waals surface area contributed by atoms with Crippen molar-refractivity contribution in [2.24, 2.45) is 22.7 Å². The maximum absolute atomic E-state index is 5.41. The molecule has 1 aliphatic rings. The number of aliphatic imine (C=N–C) groups is 1. The first-order valence-corrected chi connectivity index (χ1v) is 4.69. The lowest BCUT2D eigenvalue weighted by Crippen LogP contribution is -2.36. The lowest BCUT2D eigenvalue weighted by Gasteiger charge is -2.14. The molecule has 0 aromatic carbocycles. The summed E-state index contributed by atoms with van der Waals surface area (Å²) >= 11 is 0. The van der Waals surface area contributed by atoms with E-state index in [1.165, 1.54) is 12.8 Å². The second kappa shape index (κ2) is 3.90. The van der Waals surface area contributed by atoms with Gasteiger partial charge in [-0.05, 0) is 32.6 Å². The standard InChI is InChI=1S/C9H19N3/c1-6(2)11-9(12-10)7(3)8-4-5-8/h6-8H,4-5,10H2,1-3H3,(H,11,12). The van der Waals surface area contributed by atoms with Crippen LogP contribution in [0.3, 0.4) is 0 Å². The predicted octanol–water partition coefficient (Wildman–Crippen LogP) is 1.30. The SMILES string of the molecule is CC(C)N=C(NN)C(C)C1CC1. The van der Waals surface area contributed by atoms with Crippen molar-refractivity contribution >= 4 is 5.84 Å². The number of hydrazine groups is 1. The Labute approximate surface area is 74.4 Å². The summed E-state index contributed by atoms with van der Waals surface area (Å²) in [5.74, 6) is 7.70. The molecule has 1 rings (SSSR count). The Morgan fingerprint density at radius 3 is 2.33 bits per heavy atom. The normalized spacial score (nSPS) is 21.2. The van der Waals surface area contributed by atoms with Gasteiger partial charge < -0.3 is 5.43 Å². The summed E-state index contributed by atoms with van der Waals surface area (Å²) in [5, 5.41) is 0. The van der Waals surface area contributed by atoms with Crippen molar-refractivity contribution in [2.45, 2.75) is 39.7 Å². The fraction of sp³-hybridized carbons (Fsp3) is 0.889. The molecule has 12 heavy (non-hydrogen) atoms. The van der Waals surface area contributed by atoms with Crippen molar-refractivity contribution in [2.75, 3.05) is 0 Å². The number of nitrogens with two attached hydrogens (primary N) is 1. The van der Waals surface area contributed by atoms with Gasteiger partial charge in [0.1, 0.15) is 5.84 Å². The molecule has 0 bridgehead atoms. The van der Waals surface area contributed by atoms with Crippen LogP contribution in [0.4, 0.5) is 0 Å². The lowest BCUT2D eigenvalue weighted by molar-refractivity contribution is 0.629. The number of nitrogens with one attached hydrogen (secondary N) is 1. The smallest absolute Gasteiger partial charge is 0.114 e. The Morgan fingerprint density at radius 2 is 2.00 bits per heavy atom. The van der Waals surface area contributed by atoms with Gasteiger partial charge in [0.15, 0.2) is 0 Å². The minimum absolute atomic E-state index is 0.331. The van der Waals surface area contributed by atoms with Gasteiger partial charge in [0, 0.05) is 12.0 Å². The van der Waals surface area contributed by atoms with Crippen molar-refractivity contribution in [3.8, 4) is 0 Å². The van der Waals surface area contributed by atoms with Crippen molar-refractivity contribution < 1.29 is 0 Å². The summed E-state index contributed by atoms with van der Waals surface area (Å²) in [5.41, 5.74) is 2.70. The minimum Gasteiger partial charge on any atom is -0.312 e. The van der Waals surface area contributed by atoms with Crippen LogP contribution in [-0.2, 0) is 0 Å². The maximum Gasteiger partial charge on any atom is 0.114 e. The van der Waals surface area contributed by atoms with Gasteiger partial charge in [-0.25, -0.2) is 5.84 Å². The molecule has 70 valence electrons. The number of amidine groups is 1. The van der Waals surface area contributed by atoms with E-state index in [4.69, 9.17) is 5.84 Å². The molecule has 0 saturated heterocycles. The summed E-state index contributed by atoms with van der Waals surface area (Å²) < 4.78 is 0. The zero-order valence-electron chi connectivity index (χ0n) is 8.17. The number of nitrogens with zero attached hydrogens (tertiary/aromatic N) is 1. The van der Waals surface area contributed by atoms with Gasteiger partial charge in [-0.15, -0.1) is 0 Å². The molecule has 3 N–H and O–H groups in total. The van der Waals surface area contributed by atoms with Crippen molar-refractivity contribution in [3.63, 3.8) is 0 Å². The van der Waals surface area contributed by atoms with Gasteiger partial charge in [-0.3, -0.25) is 4.99 Å². The summed E-state index contributed by atoms with van der Waals surface area (Å²) in [6.45, 7) is 6.33. The third-order valence-corrected chi connectivity index (χ3v) is 2.31. The Hall–Kier alpha value is -0.570. The molecular weight excluding hydrogens is 150 g/mol. The molecule has 0 aliphatic heterocycles. The van der Waals surface area contributed by atoms with Crippen LogP contribution in [0.15, 0.2) is 4.99 Å². The fourth-order valence-corrected chi connectivity index (χ4v) is 1.38. The maximum atomic E-state index is 5.41. The van der Waals surface area contributed by atoms with Crippen molar-refractivity contribution in [3.05, 3.63) is 0 Å². The first kappa shape index (κ1) is 9.52. The van der Waals surface area contributed by atoms with Crippen LogP contribution in [0.1, 0.15) is 33.6 Å². The topological polar surface area (TPSA) is 50.4 Å². The lowest BCUT2D eigenvalue weighted by atomic mass is 10.1. The van der Waals surface area contributed by atoms with Gasteiger partial charge in [-0.1, -0.05) is 6.92 Å². The van der Waals surface area contributed by atoms with Crippen LogP contribution < -0.4 is 11.3 Å². The average molecular weight is 169 g/mol. The van der Waals surface area contributed by atoms with E-state index in [0.29, 0.717) is 12.0 Å². The molecule has 0 radical (unpaired) electrons. The highest BCUT2D eigenvalue weighted by Gasteiger charge is 2.30. The second-order valence-electron chi connectivity index (χ2n) is 3.88. The first-order valence-electron chi connectivity index (χ1n) is 4.69. The third kappa shape index (κ3) is 2.48. The van der Waals surface area contributed by atoms with Crippen molar-refractivity contribution in [1.29, 1.82) is 0 Å². The number of rotatable bonds is 3. The Kier molecular flexibility index (Phi) is 3.09. The third-order valence-electron chi connectivity index (χ3n) is 2.31. The Morgan fingerprint density at radius 1 is 1.42 bits per heavy atom. The Balaban J connectivity index is 2.53.